The summed E-state index contributed by atoms with van der Waals surface area (Å²) in [5.74, 6) is -4.57. The number of aryl methyl sites for hydroxylation is 3. The molecule has 3 aromatic carbocycles. The van der Waals surface area contributed by atoms with Gasteiger partial charge in [-0.1, -0.05) is 152 Å². The zero-order valence-corrected chi connectivity index (χ0v) is 69.5. The van der Waals surface area contributed by atoms with E-state index in [9.17, 15) is 53.1 Å². The Morgan fingerprint density at radius 1 is 0.505 bits per heavy atom. The van der Waals surface area contributed by atoms with E-state index in [2.05, 4.69) is 26.6 Å². The monoisotopic (exact) mass is 1550 g/mol. The molecule has 27 heteroatoms. The molecule has 3 heterocycles. The van der Waals surface area contributed by atoms with Gasteiger partial charge in [0.25, 0.3) is 0 Å². The maximum Gasteiger partial charge on any atom is 0.408 e. The molecule has 6 aromatic rings. The topological polar surface area (TPSA) is 324 Å². The van der Waals surface area contributed by atoms with E-state index >= 15 is 0 Å². The number of carboxylic acids is 1. The van der Waals surface area contributed by atoms with Crippen molar-refractivity contribution in [2.24, 2.45) is 32.5 Å². The Morgan fingerprint density at radius 3 is 1.20 bits per heavy atom. The lowest BCUT2D eigenvalue weighted by Crippen LogP contribution is -2.63. The molecular weight excluding hydrogens is 1420 g/mol. The molecule has 0 fully saturated rings. The number of rotatable bonds is 25. The number of nitrogens with one attached hydrogen (secondary N) is 5. The van der Waals surface area contributed by atoms with Crippen LogP contribution in [0.1, 0.15) is 204 Å². The van der Waals surface area contributed by atoms with Crippen LogP contribution in [0.25, 0.3) is 32.7 Å². The number of ether oxygens (including phenoxy) is 6. The van der Waals surface area contributed by atoms with Crippen LogP contribution in [0.4, 0.5) is 14.4 Å². The summed E-state index contributed by atoms with van der Waals surface area (Å²) in [6.45, 7) is 41.4. The number of benzene rings is 3. The first-order chi connectivity index (χ1) is 49.7. The number of fused-ring (bicyclic) bond motifs is 3. The van der Waals surface area contributed by atoms with Gasteiger partial charge in [0, 0.05) is 116 Å². The molecule has 6 amide bonds. The Labute approximate surface area is 660 Å². The number of aromatic nitrogens is 3. The van der Waals surface area contributed by atoms with Gasteiger partial charge in [-0.3, -0.25) is 19.2 Å². The summed E-state index contributed by atoms with van der Waals surface area (Å²) in [5, 5.41) is 26.3. The normalized spacial score (nSPS) is 13.6. The quantitative estimate of drug-likeness (QED) is 0.0134. The largest absolute Gasteiger partial charge is 0.480 e. The van der Waals surface area contributed by atoms with Gasteiger partial charge < -0.3 is 78.7 Å². The number of carboxylic acid groups (broad SMARTS) is 1. The summed E-state index contributed by atoms with van der Waals surface area (Å²) >= 11 is 0. The fourth-order valence-electron chi connectivity index (χ4n) is 12.7. The van der Waals surface area contributed by atoms with E-state index in [-0.39, 0.29) is 60.8 Å². The van der Waals surface area contributed by atoms with E-state index in [1.807, 2.05) is 202 Å². The van der Waals surface area contributed by atoms with E-state index in [1.165, 1.54) is 12.0 Å². The van der Waals surface area contributed by atoms with Crippen LogP contribution >= 0.6 is 0 Å². The number of hydrogen-bond acceptors (Lipinski definition) is 16. The standard InChI is InChI=1S/C43H67N5O9.C20H28N2O4.C19H26N2O4.2CH4.B/c1-16-55-33(49)23-22-30(39(53)56-17-2)44-36(50)27(5)24-32(26(3)4)48(15)38(52)35(41(6,7)8)45-37(51)34(46-40(54)57-42(9,10)11)43(12,13)29-25-47(14)31-21-19-18-20-28(29)31;1-19(2,3)26-18(24)21-16(17(23)25-7)20(4,5)14-12-22(6)15-11-9-8-10-13(14)15;1-18(2,3)25-17(24)20-15(16(22)23)19(4,5)13-11-21(6)14-10-8-7-9-12(13)14;;;/h18-21,24-26,30,32,34-35H,16-17,22-23H2,1-15H3,(H,44,50)(H,45,51)(H,46,54);8-12,16H,1-7H3,(H,21,24);7-11,15H,1-6H3,(H,20,24)(H,22,23);2*1H4;/b27-24+;;;;;/t30-,32-,34-,35-;16-;15-;;;/m111.../s1. The maximum atomic E-state index is 14.6. The second-order valence-electron chi connectivity index (χ2n) is 33.2. The molecule has 0 aliphatic carbocycles. The molecule has 3 aromatic heterocycles. The first-order valence-corrected chi connectivity index (χ1v) is 36.5. The smallest absolute Gasteiger partial charge is 0.408 e. The van der Waals surface area contributed by atoms with Crippen LogP contribution in [0.2, 0.25) is 0 Å². The van der Waals surface area contributed by atoms with Crippen molar-refractivity contribution in [3.05, 3.63) is 120 Å². The predicted molar refractivity (Wildman–Crippen MR) is 437 cm³/mol. The van der Waals surface area contributed by atoms with E-state index in [4.69, 9.17) is 28.4 Å². The second-order valence-corrected chi connectivity index (χ2v) is 33.2. The molecular formula is C84H129BN9O17. The number of methoxy groups -OCH3 is 1. The molecule has 0 aliphatic heterocycles. The number of carbonyl (C=O) groups is 10. The predicted octanol–water partition coefficient (Wildman–Crippen LogP) is 13.5. The molecule has 6 rings (SSSR count). The van der Waals surface area contributed by atoms with Crippen molar-refractivity contribution < 1.29 is 81.5 Å². The van der Waals surface area contributed by atoms with Gasteiger partial charge in [0.2, 0.25) is 17.7 Å². The lowest BCUT2D eigenvalue weighted by atomic mass is 9.76. The molecule has 26 nitrogen and oxygen atoms in total. The number of alkyl carbamates (subject to hydrolysis) is 3. The van der Waals surface area contributed by atoms with Crippen molar-refractivity contribution in [2.45, 2.75) is 256 Å². The van der Waals surface area contributed by atoms with Crippen LogP contribution in [0.15, 0.2) is 103 Å². The van der Waals surface area contributed by atoms with Crippen LogP contribution in [-0.4, -0.2) is 172 Å². The summed E-state index contributed by atoms with van der Waals surface area (Å²) in [6, 6.07) is 17.5. The van der Waals surface area contributed by atoms with Gasteiger partial charge in [-0.2, -0.15) is 0 Å². The van der Waals surface area contributed by atoms with Gasteiger partial charge in [-0.25, -0.2) is 28.8 Å². The Bertz CT molecular complexity index is 4210. The highest BCUT2D eigenvalue weighted by Crippen LogP contribution is 2.39. The highest BCUT2D eigenvalue weighted by atomic mass is 16.6. The van der Waals surface area contributed by atoms with Crippen LogP contribution in [0.3, 0.4) is 0 Å². The van der Waals surface area contributed by atoms with Gasteiger partial charge >= 0.3 is 42.2 Å². The number of aliphatic carboxylic acids is 1. The third kappa shape index (κ3) is 27.0. The van der Waals surface area contributed by atoms with Gasteiger partial charge in [-0.15, -0.1) is 0 Å². The molecule has 3 radical (unpaired) electrons. The average molecular weight is 1550 g/mol. The minimum atomic E-state index is -1.18. The van der Waals surface area contributed by atoms with Crippen molar-refractivity contribution in [1.82, 2.24) is 45.2 Å². The number of para-hydroxylation sites is 3. The van der Waals surface area contributed by atoms with Gasteiger partial charge in [0.05, 0.1) is 26.4 Å². The number of nitrogens with zero attached hydrogens (tertiary/aromatic N) is 4. The Kier molecular flexibility index (Phi) is 36.1. The third-order valence-electron chi connectivity index (χ3n) is 18.3. The van der Waals surface area contributed by atoms with Gasteiger partial charge in [0.15, 0.2) is 0 Å². The van der Waals surface area contributed by atoms with E-state index < -0.39 is 135 Å². The summed E-state index contributed by atoms with van der Waals surface area (Å²) in [4.78, 5) is 131. The van der Waals surface area contributed by atoms with E-state index in [0.717, 1.165) is 49.4 Å². The fourth-order valence-corrected chi connectivity index (χ4v) is 12.7. The Hall–Kier alpha value is -9.82. The van der Waals surface area contributed by atoms with E-state index in [0.29, 0.717) is 0 Å². The number of esters is 3. The third-order valence-corrected chi connectivity index (χ3v) is 18.3. The summed E-state index contributed by atoms with van der Waals surface area (Å²) < 4.78 is 37.1. The van der Waals surface area contributed by atoms with Crippen LogP contribution in [-0.2, 0) is 99.4 Å². The molecule has 0 unspecified atom stereocenters. The Balaban J connectivity index is 0.000000940. The summed E-state index contributed by atoms with van der Waals surface area (Å²) in [5.41, 5.74) is 0.309. The van der Waals surface area contributed by atoms with Crippen LogP contribution < -0.4 is 26.6 Å². The van der Waals surface area contributed by atoms with Gasteiger partial charge in [-0.05, 0) is 136 Å². The van der Waals surface area contributed by atoms with Crippen molar-refractivity contribution in [2.75, 3.05) is 27.4 Å². The molecule has 0 bridgehead atoms. The highest BCUT2D eigenvalue weighted by Gasteiger charge is 2.46. The fraction of sp³-hybridized carbons (Fsp3) is 0.571. The average Bonchev–Trinajstić information content (AvgIpc) is 1.69. The molecule has 0 saturated carbocycles. The SMILES string of the molecule is C.C.CCOC(=O)CC[C@@H](NC(=O)/C(C)=C/[C@H](C(C)C)N(C)C(=O)[C@@H](NC(=O)[C@@H](NC(=O)OC(C)(C)C)C(C)(C)c1cn(C)c2ccccc12)C(C)(C)C)C(=O)OCC.COC(=O)[C@@H](NC(=O)OC(C)(C)C)C(C)(C)c1cn(C)c2ccccc12.Cn1cc(C(C)(C)[C@H](NC(=O)OC(C)(C)C)C(=O)O)c2ccccc21.[B]. The van der Waals surface area contributed by atoms with Crippen molar-refractivity contribution >= 4 is 101 Å². The lowest BCUT2D eigenvalue weighted by Gasteiger charge is -2.40. The summed E-state index contributed by atoms with van der Waals surface area (Å²) in [7, 11) is 8.70. The summed E-state index contributed by atoms with van der Waals surface area (Å²) in [6.07, 6.45) is 5.19. The molecule has 615 valence electrons. The number of hydrogen-bond donors (Lipinski definition) is 6. The molecule has 6 N–H and O–H groups in total. The van der Waals surface area contributed by atoms with Crippen LogP contribution in [0.5, 0.6) is 0 Å². The van der Waals surface area contributed by atoms with Crippen molar-refractivity contribution in [1.29, 1.82) is 0 Å². The molecule has 111 heavy (non-hydrogen) atoms. The van der Waals surface area contributed by atoms with Gasteiger partial charge in [0.1, 0.15) is 47.0 Å². The molecule has 0 aliphatic rings. The van der Waals surface area contributed by atoms with Crippen molar-refractivity contribution in [3.8, 4) is 0 Å². The highest BCUT2D eigenvalue weighted by molar-refractivity contribution is 5.97. The molecule has 6 atom stereocenters. The number of likely N-dealkylation sites (N-methyl/N-ethyl adjacent to an activating group) is 1. The molecule has 0 spiro atoms. The first-order valence-electron chi connectivity index (χ1n) is 36.5. The van der Waals surface area contributed by atoms with Crippen LogP contribution in [0, 0.1) is 11.3 Å². The number of amides is 6. The second kappa shape index (κ2) is 40.4. The van der Waals surface area contributed by atoms with Crippen molar-refractivity contribution in [3.63, 3.8) is 0 Å². The molecule has 0 saturated heterocycles. The number of carbonyl (C=O) groups excluding carboxylic acids is 9. The minimum Gasteiger partial charge on any atom is -0.480 e. The minimum absolute atomic E-state index is 0. The zero-order chi connectivity index (χ0) is 82.3. The maximum absolute atomic E-state index is 14.6. The first kappa shape index (κ1) is 99.2. The Morgan fingerprint density at radius 2 is 0.856 bits per heavy atom. The lowest BCUT2D eigenvalue weighted by molar-refractivity contribution is -0.148. The van der Waals surface area contributed by atoms with E-state index in [1.54, 1.807) is 96.2 Å². The zero-order valence-electron chi connectivity index (χ0n) is 69.5.